The molecule has 0 saturated carbocycles. The molecule has 0 bridgehead atoms. The SMILES string of the molecule is CCC[C@H](/C=C/O[Si](C)(C)C)[C@H](C)[N+](=O)[O-]. The molecule has 0 N–H and O–H groups in total. The molecule has 0 aliphatic carbocycles. The summed E-state index contributed by atoms with van der Waals surface area (Å²) in [5, 5.41) is 10.7. The molecule has 0 aliphatic heterocycles. The van der Waals surface area contributed by atoms with Gasteiger partial charge in [-0.05, 0) is 32.1 Å². The maximum absolute atomic E-state index is 10.7. The minimum Gasteiger partial charge on any atom is -0.550 e. The largest absolute Gasteiger partial charge is 0.550 e. The molecular formula is C11H23NO3Si. The fraction of sp³-hybridized carbons (Fsp3) is 0.818. The van der Waals surface area contributed by atoms with Crippen molar-refractivity contribution in [2.45, 2.75) is 52.4 Å². The summed E-state index contributed by atoms with van der Waals surface area (Å²) in [7, 11) is -1.57. The molecule has 2 atom stereocenters. The van der Waals surface area contributed by atoms with E-state index in [0.717, 1.165) is 12.8 Å². The van der Waals surface area contributed by atoms with Gasteiger partial charge in [-0.2, -0.15) is 0 Å². The van der Waals surface area contributed by atoms with Crippen LogP contribution in [0.15, 0.2) is 12.3 Å². The van der Waals surface area contributed by atoms with Gasteiger partial charge in [0, 0.05) is 17.8 Å². The van der Waals surface area contributed by atoms with Gasteiger partial charge in [0.05, 0.1) is 6.26 Å². The third-order valence-electron chi connectivity index (χ3n) is 2.32. The van der Waals surface area contributed by atoms with Crippen molar-refractivity contribution in [2.24, 2.45) is 5.92 Å². The van der Waals surface area contributed by atoms with Crippen LogP contribution < -0.4 is 0 Å². The van der Waals surface area contributed by atoms with E-state index in [1.165, 1.54) is 0 Å². The van der Waals surface area contributed by atoms with Gasteiger partial charge >= 0.3 is 0 Å². The molecule has 4 nitrogen and oxygen atoms in total. The summed E-state index contributed by atoms with van der Waals surface area (Å²) >= 11 is 0. The number of nitro groups is 1. The smallest absolute Gasteiger partial charge is 0.241 e. The third kappa shape index (κ3) is 6.61. The molecule has 0 aliphatic rings. The van der Waals surface area contributed by atoms with E-state index >= 15 is 0 Å². The second-order valence-electron chi connectivity index (χ2n) is 5.04. The van der Waals surface area contributed by atoms with Gasteiger partial charge < -0.3 is 4.43 Å². The minimum atomic E-state index is -1.57. The van der Waals surface area contributed by atoms with Crippen molar-refractivity contribution in [1.29, 1.82) is 0 Å². The summed E-state index contributed by atoms with van der Waals surface area (Å²) in [6.07, 6.45) is 5.27. The Morgan fingerprint density at radius 1 is 1.44 bits per heavy atom. The molecule has 0 aromatic heterocycles. The van der Waals surface area contributed by atoms with Crippen molar-refractivity contribution in [3.05, 3.63) is 22.5 Å². The zero-order valence-electron chi connectivity index (χ0n) is 10.9. The Kier molecular flexibility index (Phi) is 6.33. The van der Waals surface area contributed by atoms with Crippen molar-refractivity contribution < 1.29 is 9.35 Å². The van der Waals surface area contributed by atoms with Crippen LogP contribution in [0.4, 0.5) is 0 Å². The van der Waals surface area contributed by atoms with Crippen LogP contribution in [0.3, 0.4) is 0 Å². The Labute approximate surface area is 99.0 Å². The fourth-order valence-corrected chi connectivity index (χ4v) is 1.82. The lowest BCUT2D eigenvalue weighted by Crippen LogP contribution is -2.25. The first-order chi connectivity index (χ1) is 7.28. The average Bonchev–Trinajstić information content (AvgIpc) is 2.13. The molecule has 5 heteroatoms. The summed E-state index contributed by atoms with van der Waals surface area (Å²) in [5.74, 6) is -0.0312. The van der Waals surface area contributed by atoms with Gasteiger partial charge in [0.1, 0.15) is 0 Å². The molecular weight excluding hydrogens is 222 g/mol. The van der Waals surface area contributed by atoms with E-state index in [-0.39, 0.29) is 10.8 Å². The third-order valence-corrected chi connectivity index (χ3v) is 3.16. The maximum Gasteiger partial charge on any atom is 0.241 e. The van der Waals surface area contributed by atoms with Crippen molar-refractivity contribution in [3.8, 4) is 0 Å². The van der Waals surface area contributed by atoms with Gasteiger partial charge in [-0.15, -0.1) is 0 Å². The zero-order valence-corrected chi connectivity index (χ0v) is 11.9. The highest BCUT2D eigenvalue weighted by Crippen LogP contribution is 2.16. The number of hydrogen-bond acceptors (Lipinski definition) is 3. The maximum atomic E-state index is 10.7. The summed E-state index contributed by atoms with van der Waals surface area (Å²) in [5.41, 5.74) is 0. The summed E-state index contributed by atoms with van der Waals surface area (Å²) in [6, 6.07) is -0.540. The molecule has 0 fully saturated rings. The fourth-order valence-electron chi connectivity index (χ4n) is 1.33. The average molecular weight is 245 g/mol. The van der Waals surface area contributed by atoms with Gasteiger partial charge in [0.25, 0.3) is 0 Å². The lowest BCUT2D eigenvalue weighted by atomic mass is 9.97. The molecule has 0 unspecified atom stereocenters. The van der Waals surface area contributed by atoms with Gasteiger partial charge in [-0.1, -0.05) is 13.3 Å². The van der Waals surface area contributed by atoms with Crippen LogP contribution in [0.1, 0.15) is 26.7 Å². The van der Waals surface area contributed by atoms with Crippen LogP contribution >= 0.6 is 0 Å². The molecule has 0 aromatic rings. The van der Waals surface area contributed by atoms with Crippen molar-refractivity contribution >= 4 is 8.32 Å². The van der Waals surface area contributed by atoms with Crippen LogP contribution in [0.2, 0.25) is 19.6 Å². The van der Waals surface area contributed by atoms with Crippen LogP contribution in [0.5, 0.6) is 0 Å². The van der Waals surface area contributed by atoms with E-state index in [1.54, 1.807) is 13.2 Å². The molecule has 0 heterocycles. The molecule has 0 saturated heterocycles. The Balaban J connectivity index is 4.38. The Morgan fingerprint density at radius 2 is 2.00 bits per heavy atom. The van der Waals surface area contributed by atoms with Gasteiger partial charge in [-0.3, -0.25) is 10.1 Å². The first kappa shape index (κ1) is 15.2. The predicted octanol–water partition coefficient (Wildman–Crippen LogP) is 3.43. The molecule has 0 radical (unpaired) electrons. The Morgan fingerprint density at radius 3 is 2.38 bits per heavy atom. The van der Waals surface area contributed by atoms with Crippen LogP contribution in [-0.4, -0.2) is 19.3 Å². The lowest BCUT2D eigenvalue weighted by molar-refractivity contribution is -0.525. The quantitative estimate of drug-likeness (QED) is 0.299. The van der Waals surface area contributed by atoms with Crippen molar-refractivity contribution in [3.63, 3.8) is 0 Å². The second-order valence-corrected chi connectivity index (χ2v) is 9.50. The first-order valence-corrected chi connectivity index (χ1v) is 9.16. The van der Waals surface area contributed by atoms with Gasteiger partial charge in [-0.25, -0.2) is 0 Å². The van der Waals surface area contributed by atoms with E-state index in [0.29, 0.717) is 0 Å². The molecule has 0 rings (SSSR count). The van der Waals surface area contributed by atoms with E-state index in [2.05, 4.69) is 19.6 Å². The van der Waals surface area contributed by atoms with Gasteiger partial charge in [0.15, 0.2) is 0 Å². The number of nitrogens with zero attached hydrogens (tertiary/aromatic N) is 1. The lowest BCUT2D eigenvalue weighted by Gasteiger charge is -2.17. The number of rotatable bonds is 7. The summed E-state index contributed by atoms with van der Waals surface area (Å²) in [4.78, 5) is 10.5. The van der Waals surface area contributed by atoms with E-state index in [4.69, 9.17) is 4.43 Å². The first-order valence-electron chi connectivity index (χ1n) is 5.76. The Bertz CT molecular complexity index is 248. The molecule has 0 aromatic carbocycles. The normalized spacial score (nSPS) is 16.1. The number of hydrogen-bond donors (Lipinski definition) is 0. The van der Waals surface area contributed by atoms with Crippen LogP contribution in [0, 0.1) is 16.0 Å². The second kappa shape index (κ2) is 6.68. The predicted molar refractivity (Wildman–Crippen MR) is 68.4 cm³/mol. The van der Waals surface area contributed by atoms with Crippen LogP contribution in [-0.2, 0) is 4.43 Å². The highest BCUT2D eigenvalue weighted by Gasteiger charge is 2.23. The van der Waals surface area contributed by atoms with E-state index in [1.807, 2.05) is 13.0 Å². The van der Waals surface area contributed by atoms with Crippen molar-refractivity contribution in [1.82, 2.24) is 0 Å². The van der Waals surface area contributed by atoms with E-state index in [9.17, 15) is 10.1 Å². The minimum absolute atomic E-state index is 0.0312. The highest BCUT2D eigenvalue weighted by atomic mass is 28.4. The highest BCUT2D eigenvalue weighted by molar-refractivity contribution is 6.69. The summed E-state index contributed by atoms with van der Waals surface area (Å²) in [6.45, 7) is 9.95. The van der Waals surface area contributed by atoms with E-state index < -0.39 is 14.4 Å². The van der Waals surface area contributed by atoms with Gasteiger partial charge in [0.2, 0.25) is 14.4 Å². The van der Waals surface area contributed by atoms with Crippen LogP contribution in [0.25, 0.3) is 0 Å². The molecule has 94 valence electrons. The Hall–Kier alpha value is -0.843. The van der Waals surface area contributed by atoms with Crippen molar-refractivity contribution in [2.75, 3.05) is 0 Å². The molecule has 0 amide bonds. The standard InChI is InChI=1S/C11H23NO3Si/c1-6-7-11(10(2)12(13)14)8-9-15-16(3,4)5/h8-11H,6-7H2,1-5H3/b9-8+/t10-,11+/m0/s1. The summed E-state index contributed by atoms with van der Waals surface area (Å²) < 4.78 is 5.57. The monoisotopic (exact) mass is 245 g/mol. The molecule has 16 heavy (non-hydrogen) atoms. The zero-order chi connectivity index (χ0) is 12.8. The topological polar surface area (TPSA) is 52.4 Å². The molecule has 0 spiro atoms.